The van der Waals surface area contributed by atoms with Gasteiger partial charge in [0, 0.05) is 22.8 Å². The number of thioether (sulfide) groups is 1. The van der Waals surface area contributed by atoms with Gasteiger partial charge in [-0.2, -0.15) is 13.2 Å². The first-order chi connectivity index (χ1) is 9.00. The predicted octanol–water partition coefficient (Wildman–Crippen LogP) is 2.99. The molecule has 0 aliphatic carbocycles. The van der Waals surface area contributed by atoms with E-state index in [4.69, 9.17) is 9.31 Å². The highest BCUT2D eigenvalue weighted by atomic mass is 32.2. The number of pyridine rings is 1. The second-order valence-corrected chi connectivity index (χ2v) is 6.73. The molecule has 1 aromatic rings. The van der Waals surface area contributed by atoms with Crippen molar-refractivity contribution in [1.29, 1.82) is 0 Å². The van der Waals surface area contributed by atoms with E-state index in [1.54, 1.807) is 0 Å². The van der Waals surface area contributed by atoms with Crippen molar-refractivity contribution in [2.45, 2.75) is 49.3 Å². The van der Waals surface area contributed by atoms with Crippen LogP contribution in [0.15, 0.2) is 23.4 Å². The lowest BCUT2D eigenvalue weighted by molar-refractivity contribution is -0.0328. The van der Waals surface area contributed by atoms with E-state index in [1.807, 2.05) is 27.7 Å². The van der Waals surface area contributed by atoms with E-state index in [0.29, 0.717) is 5.46 Å². The molecule has 1 saturated heterocycles. The normalized spacial score (nSPS) is 21.2. The minimum atomic E-state index is -4.34. The molecule has 0 bridgehead atoms. The van der Waals surface area contributed by atoms with Gasteiger partial charge in [0.2, 0.25) is 0 Å². The SMILES string of the molecule is CC1(C)OB(c2cncc(SC(F)(F)F)c2)OC1(C)C. The van der Waals surface area contributed by atoms with Crippen LogP contribution < -0.4 is 5.46 Å². The highest BCUT2D eigenvalue weighted by Crippen LogP contribution is 2.38. The van der Waals surface area contributed by atoms with Crippen LogP contribution in [-0.4, -0.2) is 28.8 Å². The van der Waals surface area contributed by atoms with Gasteiger partial charge in [-0.1, -0.05) is 0 Å². The molecule has 1 aliphatic heterocycles. The van der Waals surface area contributed by atoms with Crippen molar-refractivity contribution < 1.29 is 22.5 Å². The Balaban J connectivity index is 2.21. The van der Waals surface area contributed by atoms with Gasteiger partial charge in [-0.05, 0) is 45.5 Å². The molecular weight excluding hydrogens is 290 g/mol. The lowest BCUT2D eigenvalue weighted by Crippen LogP contribution is -2.41. The number of hydrogen-bond donors (Lipinski definition) is 0. The Morgan fingerprint density at radius 3 is 2.15 bits per heavy atom. The Morgan fingerprint density at radius 1 is 1.10 bits per heavy atom. The van der Waals surface area contributed by atoms with Crippen molar-refractivity contribution in [3.63, 3.8) is 0 Å². The van der Waals surface area contributed by atoms with Crippen LogP contribution in [0.4, 0.5) is 13.2 Å². The lowest BCUT2D eigenvalue weighted by Gasteiger charge is -2.32. The maximum absolute atomic E-state index is 12.4. The number of aromatic nitrogens is 1. The van der Waals surface area contributed by atoms with Gasteiger partial charge < -0.3 is 9.31 Å². The largest absolute Gasteiger partial charge is 0.496 e. The number of alkyl halides is 3. The molecule has 0 saturated carbocycles. The van der Waals surface area contributed by atoms with E-state index in [0.717, 1.165) is 0 Å². The smallest absolute Gasteiger partial charge is 0.399 e. The Labute approximate surface area is 120 Å². The zero-order valence-corrected chi connectivity index (χ0v) is 12.4. The van der Waals surface area contributed by atoms with Gasteiger partial charge in [-0.3, -0.25) is 4.98 Å². The highest BCUT2D eigenvalue weighted by Gasteiger charge is 2.51. The molecule has 0 amide bonds. The molecule has 0 spiro atoms. The number of halogens is 3. The average Bonchev–Trinajstić information content (AvgIpc) is 2.46. The summed E-state index contributed by atoms with van der Waals surface area (Å²) in [7, 11) is -0.707. The van der Waals surface area contributed by atoms with Gasteiger partial charge in [-0.25, -0.2) is 0 Å². The quantitative estimate of drug-likeness (QED) is 0.621. The predicted molar refractivity (Wildman–Crippen MR) is 71.9 cm³/mol. The molecule has 1 aliphatic rings. The van der Waals surface area contributed by atoms with Gasteiger partial charge in [0.1, 0.15) is 0 Å². The fraction of sp³-hybridized carbons (Fsp3) is 0.583. The summed E-state index contributed by atoms with van der Waals surface area (Å²) in [6.07, 6.45) is 2.63. The second-order valence-electron chi connectivity index (χ2n) is 5.59. The van der Waals surface area contributed by atoms with Crippen LogP contribution >= 0.6 is 11.8 Å². The molecule has 0 aromatic carbocycles. The van der Waals surface area contributed by atoms with Crippen molar-refractivity contribution >= 4 is 24.3 Å². The topological polar surface area (TPSA) is 31.4 Å². The first-order valence-electron chi connectivity index (χ1n) is 6.06. The maximum Gasteiger partial charge on any atom is 0.496 e. The second kappa shape index (κ2) is 4.93. The fourth-order valence-corrected chi connectivity index (χ4v) is 2.31. The molecule has 20 heavy (non-hydrogen) atoms. The van der Waals surface area contributed by atoms with Crippen molar-refractivity contribution in [2.24, 2.45) is 0 Å². The molecule has 3 nitrogen and oxygen atoms in total. The summed E-state index contributed by atoms with van der Waals surface area (Å²) in [5, 5.41) is 0. The van der Waals surface area contributed by atoms with E-state index < -0.39 is 23.8 Å². The zero-order valence-electron chi connectivity index (χ0n) is 11.6. The van der Waals surface area contributed by atoms with Crippen LogP contribution in [-0.2, 0) is 9.31 Å². The molecule has 0 unspecified atom stereocenters. The van der Waals surface area contributed by atoms with Crippen molar-refractivity contribution in [3.8, 4) is 0 Å². The van der Waals surface area contributed by atoms with E-state index in [9.17, 15) is 13.2 Å². The Bertz CT molecular complexity index is 492. The molecule has 2 heterocycles. The van der Waals surface area contributed by atoms with E-state index in [2.05, 4.69) is 4.98 Å². The standard InChI is InChI=1S/C12H15BF3NO2S/c1-10(2)11(3,4)19-13(18-10)8-5-9(7-17-6-8)20-12(14,15)16/h5-7H,1-4H3. The van der Waals surface area contributed by atoms with E-state index in [-0.39, 0.29) is 16.7 Å². The molecule has 0 atom stereocenters. The van der Waals surface area contributed by atoms with Crippen molar-refractivity contribution in [3.05, 3.63) is 18.5 Å². The first kappa shape index (κ1) is 15.7. The van der Waals surface area contributed by atoms with Gasteiger partial charge in [0.05, 0.1) is 11.2 Å². The third-order valence-corrected chi connectivity index (χ3v) is 4.18. The monoisotopic (exact) mass is 305 g/mol. The highest BCUT2D eigenvalue weighted by molar-refractivity contribution is 8.00. The van der Waals surface area contributed by atoms with Crippen LogP contribution in [0.2, 0.25) is 0 Å². The van der Waals surface area contributed by atoms with Gasteiger partial charge in [-0.15, -0.1) is 0 Å². The van der Waals surface area contributed by atoms with E-state index >= 15 is 0 Å². The number of hydrogen-bond acceptors (Lipinski definition) is 4. The van der Waals surface area contributed by atoms with Crippen LogP contribution in [0.25, 0.3) is 0 Å². The van der Waals surface area contributed by atoms with Crippen LogP contribution in [0.1, 0.15) is 27.7 Å². The molecule has 0 N–H and O–H groups in total. The third-order valence-electron chi connectivity index (χ3n) is 3.49. The molecule has 1 fully saturated rings. The van der Waals surface area contributed by atoms with Crippen LogP contribution in [0.5, 0.6) is 0 Å². The molecule has 0 radical (unpaired) electrons. The first-order valence-corrected chi connectivity index (χ1v) is 6.88. The summed E-state index contributed by atoms with van der Waals surface area (Å²) < 4.78 is 48.7. The summed E-state index contributed by atoms with van der Waals surface area (Å²) in [4.78, 5) is 3.85. The maximum atomic E-state index is 12.4. The summed E-state index contributed by atoms with van der Waals surface area (Å²) in [5.41, 5.74) is -4.93. The van der Waals surface area contributed by atoms with Gasteiger partial charge in [0.25, 0.3) is 0 Å². The summed E-state index contributed by atoms with van der Waals surface area (Å²) in [6, 6.07) is 1.40. The Hall–Kier alpha value is -0.725. The molecule has 1 aromatic heterocycles. The van der Waals surface area contributed by atoms with Crippen molar-refractivity contribution in [2.75, 3.05) is 0 Å². The fourth-order valence-electron chi connectivity index (χ4n) is 1.73. The van der Waals surface area contributed by atoms with Crippen molar-refractivity contribution in [1.82, 2.24) is 4.98 Å². The lowest BCUT2D eigenvalue weighted by atomic mass is 9.80. The molecule has 110 valence electrons. The Kier molecular flexibility index (Phi) is 3.86. The number of rotatable bonds is 2. The average molecular weight is 305 g/mol. The zero-order chi connectivity index (χ0) is 15.2. The summed E-state index contributed by atoms with van der Waals surface area (Å²) in [5.74, 6) is 0. The van der Waals surface area contributed by atoms with Crippen LogP contribution in [0, 0.1) is 0 Å². The minimum absolute atomic E-state index is 0.0183. The van der Waals surface area contributed by atoms with Gasteiger partial charge >= 0.3 is 12.6 Å². The van der Waals surface area contributed by atoms with Gasteiger partial charge in [0.15, 0.2) is 0 Å². The molecule has 8 heteroatoms. The van der Waals surface area contributed by atoms with Crippen LogP contribution in [0.3, 0.4) is 0 Å². The Morgan fingerprint density at radius 2 is 1.65 bits per heavy atom. The summed E-state index contributed by atoms with van der Waals surface area (Å²) in [6.45, 7) is 7.53. The summed E-state index contributed by atoms with van der Waals surface area (Å²) >= 11 is -0.200. The molecule has 2 rings (SSSR count). The molecular formula is C12H15BF3NO2S. The van der Waals surface area contributed by atoms with E-state index in [1.165, 1.54) is 18.5 Å². The third kappa shape index (κ3) is 3.29. The number of nitrogens with zero attached hydrogens (tertiary/aromatic N) is 1. The minimum Gasteiger partial charge on any atom is -0.399 e.